The number of carbonyl (C=O) groups is 2. The number of methoxy groups -OCH3 is 1. The highest BCUT2D eigenvalue weighted by atomic mass is 16.7. The van der Waals surface area contributed by atoms with Crippen LogP contribution in [0.2, 0.25) is 0 Å². The van der Waals surface area contributed by atoms with Gasteiger partial charge < -0.3 is 56.5 Å². The molecule has 1 aliphatic heterocycles. The number of aliphatic hydroxyl groups excluding tert-OH is 4. The number of phenols is 1. The number of aliphatic hydroxyl groups is 4. The van der Waals surface area contributed by atoms with Crippen LogP contribution < -0.4 is 26.3 Å². The van der Waals surface area contributed by atoms with Crippen LogP contribution in [0.3, 0.4) is 0 Å². The van der Waals surface area contributed by atoms with E-state index in [0.29, 0.717) is 35.3 Å². The van der Waals surface area contributed by atoms with Gasteiger partial charge in [0.1, 0.15) is 47.5 Å². The molecule has 15 nitrogen and oxygen atoms in total. The maximum atomic E-state index is 14.4. The SMILES string of the molecule is CCc1c(OC)cc(O[C@@H]2O[C@H](CO)[C@@H](O)[C@H](O)[C@H]2O)c2c1C(=O)c1cc(CCc3ccc(N)nc3)c(CNC(N)=NC)c(O)c1C2=O. The summed E-state index contributed by atoms with van der Waals surface area (Å²) in [6.45, 7) is 1.05. The van der Waals surface area contributed by atoms with Crippen molar-refractivity contribution in [3.05, 3.63) is 75.0 Å². The normalized spacial score (nSPS) is 22.2. The standard InChI is InChI=1S/C33H39N5O10/c1-4-16-19(46-3)10-20(47-32-31(45)30(44)28(42)21(13-39)48-32)25-23(16)26(40)17-9-15(7-5-14-6-8-22(34)37-11-14)18(12-38-33(35)36-2)27(41)24(17)29(25)43/h6,8-11,21,28,30-32,39,41-42,44-45H,4-5,7,12-13H2,1-3H3,(H2,34,37)(H3,35,36,38)/t21-,28-,30+,31-,32-/m1/s1. The van der Waals surface area contributed by atoms with Crippen molar-refractivity contribution in [2.24, 2.45) is 10.7 Å². The molecule has 0 radical (unpaired) electrons. The van der Waals surface area contributed by atoms with Crippen molar-refractivity contribution >= 4 is 23.3 Å². The number of aryl methyl sites for hydroxylation is 2. The Morgan fingerprint density at radius 1 is 1.02 bits per heavy atom. The summed E-state index contributed by atoms with van der Waals surface area (Å²) in [5, 5.41) is 55.5. The monoisotopic (exact) mass is 665 g/mol. The van der Waals surface area contributed by atoms with Crippen molar-refractivity contribution in [2.45, 2.75) is 63.4 Å². The number of aromatic nitrogens is 1. The third-order valence-electron chi connectivity index (χ3n) is 8.66. The number of nitrogens with two attached hydrogens (primary N) is 2. The Morgan fingerprint density at radius 3 is 2.40 bits per heavy atom. The van der Waals surface area contributed by atoms with E-state index in [1.807, 2.05) is 6.07 Å². The summed E-state index contributed by atoms with van der Waals surface area (Å²) in [7, 11) is 2.86. The van der Waals surface area contributed by atoms with Crippen LogP contribution in [-0.4, -0.2) is 99.5 Å². The van der Waals surface area contributed by atoms with Crippen LogP contribution in [0.15, 0.2) is 35.5 Å². The molecule has 0 bridgehead atoms. The van der Waals surface area contributed by atoms with E-state index in [2.05, 4.69) is 15.3 Å². The number of nitrogen functional groups attached to an aromatic ring is 1. The van der Waals surface area contributed by atoms with Crippen molar-refractivity contribution < 1.29 is 49.3 Å². The average molecular weight is 666 g/mol. The van der Waals surface area contributed by atoms with Crippen LogP contribution >= 0.6 is 0 Å². The molecule has 5 rings (SSSR count). The summed E-state index contributed by atoms with van der Waals surface area (Å²) in [5.74, 6) is -1.35. The molecule has 0 amide bonds. The number of aliphatic imine (C=N–C) groups is 1. The second-order valence-electron chi connectivity index (χ2n) is 11.5. The fourth-order valence-electron chi connectivity index (χ4n) is 6.04. The number of hydrogen-bond acceptors (Lipinski definition) is 13. The maximum absolute atomic E-state index is 14.4. The highest BCUT2D eigenvalue weighted by Crippen LogP contribution is 2.45. The minimum atomic E-state index is -1.80. The number of aromatic hydroxyl groups is 1. The molecule has 3 aromatic rings. The summed E-state index contributed by atoms with van der Waals surface area (Å²) in [6.07, 6.45) is -5.42. The molecule has 10 N–H and O–H groups in total. The summed E-state index contributed by atoms with van der Waals surface area (Å²) >= 11 is 0. The van der Waals surface area contributed by atoms with E-state index < -0.39 is 54.6 Å². The Balaban J connectivity index is 1.64. The third-order valence-corrected chi connectivity index (χ3v) is 8.66. The van der Waals surface area contributed by atoms with Gasteiger partial charge in [-0.15, -0.1) is 0 Å². The van der Waals surface area contributed by atoms with E-state index in [1.165, 1.54) is 20.2 Å². The van der Waals surface area contributed by atoms with E-state index in [9.17, 15) is 35.1 Å². The van der Waals surface area contributed by atoms with Crippen LogP contribution in [-0.2, 0) is 30.5 Å². The lowest BCUT2D eigenvalue weighted by atomic mass is 9.78. The molecule has 1 saturated heterocycles. The van der Waals surface area contributed by atoms with Crippen LogP contribution in [0, 0.1) is 0 Å². The summed E-state index contributed by atoms with van der Waals surface area (Å²) < 4.78 is 17.0. The van der Waals surface area contributed by atoms with Crippen molar-refractivity contribution in [1.82, 2.24) is 10.3 Å². The van der Waals surface area contributed by atoms with Crippen LogP contribution in [0.25, 0.3) is 0 Å². The van der Waals surface area contributed by atoms with Gasteiger partial charge in [0, 0.05) is 48.1 Å². The number of rotatable bonds is 10. The molecule has 5 atom stereocenters. The van der Waals surface area contributed by atoms with Crippen molar-refractivity contribution in [3.63, 3.8) is 0 Å². The van der Waals surface area contributed by atoms with Crippen molar-refractivity contribution in [1.29, 1.82) is 0 Å². The second-order valence-corrected chi connectivity index (χ2v) is 11.5. The van der Waals surface area contributed by atoms with Gasteiger partial charge in [-0.1, -0.05) is 13.0 Å². The van der Waals surface area contributed by atoms with Crippen molar-refractivity contribution in [2.75, 3.05) is 26.5 Å². The number of fused-ring (bicyclic) bond motifs is 2. The number of pyridine rings is 1. The first kappa shape index (κ1) is 34.5. The van der Waals surface area contributed by atoms with Gasteiger partial charge in [0.05, 0.1) is 24.8 Å². The predicted molar refractivity (Wildman–Crippen MR) is 172 cm³/mol. The minimum absolute atomic E-state index is 0.0183. The molecule has 2 heterocycles. The van der Waals surface area contributed by atoms with E-state index in [4.69, 9.17) is 25.7 Å². The number of guanidine groups is 1. The number of carbonyl (C=O) groups excluding carboxylic acids is 2. The number of nitrogens with zero attached hydrogens (tertiary/aromatic N) is 2. The first-order valence-corrected chi connectivity index (χ1v) is 15.3. The van der Waals surface area contributed by atoms with Gasteiger partial charge in [-0.25, -0.2) is 4.98 Å². The van der Waals surface area contributed by atoms with Crippen molar-refractivity contribution in [3.8, 4) is 17.2 Å². The molecule has 1 aromatic heterocycles. The molecule has 2 aliphatic rings. The quantitative estimate of drug-likeness (QED) is 0.0801. The molecule has 48 heavy (non-hydrogen) atoms. The Bertz CT molecular complexity index is 1740. The van der Waals surface area contributed by atoms with Gasteiger partial charge in [-0.05, 0) is 42.5 Å². The lowest BCUT2D eigenvalue weighted by Gasteiger charge is -2.40. The van der Waals surface area contributed by atoms with Gasteiger partial charge in [-0.3, -0.25) is 14.6 Å². The Kier molecular flexibility index (Phi) is 10.2. The molecule has 15 heteroatoms. The Labute approximate surface area is 275 Å². The highest BCUT2D eigenvalue weighted by Gasteiger charge is 2.46. The summed E-state index contributed by atoms with van der Waals surface area (Å²) in [4.78, 5) is 36.9. The van der Waals surface area contributed by atoms with E-state index in [0.717, 1.165) is 5.56 Å². The maximum Gasteiger partial charge on any atom is 0.229 e. The number of ether oxygens (including phenoxy) is 3. The molecule has 0 unspecified atom stereocenters. The third kappa shape index (κ3) is 6.25. The van der Waals surface area contributed by atoms with Crippen LogP contribution in [0.1, 0.15) is 61.0 Å². The molecule has 256 valence electrons. The first-order valence-electron chi connectivity index (χ1n) is 15.3. The largest absolute Gasteiger partial charge is 0.507 e. The fourth-order valence-corrected chi connectivity index (χ4v) is 6.04. The van der Waals surface area contributed by atoms with Gasteiger partial charge in [0.2, 0.25) is 12.1 Å². The fraction of sp³-hybridized carbons (Fsp3) is 0.394. The van der Waals surface area contributed by atoms with Gasteiger partial charge in [0.25, 0.3) is 0 Å². The zero-order valence-corrected chi connectivity index (χ0v) is 26.6. The van der Waals surface area contributed by atoms with Crippen LogP contribution in [0.4, 0.5) is 5.82 Å². The molecule has 0 spiro atoms. The minimum Gasteiger partial charge on any atom is -0.507 e. The van der Waals surface area contributed by atoms with E-state index >= 15 is 0 Å². The first-order chi connectivity index (χ1) is 22.9. The van der Waals surface area contributed by atoms with Gasteiger partial charge >= 0.3 is 0 Å². The van der Waals surface area contributed by atoms with Gasteiger partial charge in [-0.2, -0.15) is 0 Å². The lowest BCUT2D eigenvalue weighted by molar-refractivity contribution is -0.277. The topological polar surface area (TPSA) is 252 Å². The zero-order valence-electron chi connectivity index (χ0n) is 26.6. The Morgan fingerprint density at radius 2 is 1.77 bits per heavy atom. The molecule has 2 aromatic carbocycles. The van der Waals surface area contributed by atoms with E-state index in [1.54, 1.807) is 25.3 Å². The number of anilines is 1. The lowest BCUT2D eigenvalue weighted by Crippen LogP contribution is -2.60. The summed E-state index contributed by atoms with van der Waals surface area (Å²) in [5.41, 5.74) is 13.2. The molecular formula is C33H39N5O10. The predicted octanol–water partition coefficient (Wildman–Crippen LogP) is -0.286. The number of ketones is 2. The number of nitrogens with one attached hydrogen (secondary N) is 1. The molecule has 1 aliphatic carbocycles. The highest BCUT2D eigenvalue weighted by molar-refractivity contribution is 6.31. The molecule has 1 fully saturated rings. The molecular weight excluding hydrogens is 626 g/mol. The smallest absolute Gasteiger partial charge is 0.229 e. The Hall–Kier alpha value is -4.80. The average Bonchev–Trinajstić information content (AvgIpc) is 3.09. The molecule has 0 saturated carbocycles. The van der Waals surface area contributed by atoms with Gasteiger partial charge in [0.15, 0.2) is 11.7 Å². The van der Waals surface area contributed by atoms with Crippen LogP contribution in [0.5, 0.6) is 17.2 Å². The number of phenolic OH excluding ortho intramolecular Hbond substituents is 1. The number of benzene rings is 2. The van der Waals surface area contributed by atoms with E-state index in [-0.39, 0.29) is 52.7 Å². The summed E-state index contributed by atoms with van der Waals surface area (Å²) in [6, 6.07) is 6.42. The zero-order chi connectivity index (χ0) is 34.9. The number of hydrogen-bond donors (Lipinski definition) is 8. The second kappa shape index (κ2) is 14.1.